The second-order valence-electron chi connectivity index (χ2n) is 6.04. The fraction of sp³-hybridized carbons (Fsp3) is 0.600. The van der Waals surface area contributed by atoms with Gasteiger partial charge >= 0.3 is 18.5 Å². The van der Waals surface area contributed by atoms with Gasteiger partial charge in [-0.05, 0) is 12.1 Å². The Balaban J connectivity index is 0.00000392. The number of nitrogens with one attached hydrogen (secondary N) is 1. The van der Waals surface area contributed by atoms with Crippen LogP contribution >= 0.6 is 24.8 Å². The van der Waals surface area contributed by atoms with Crippen LogP contribution in [0.1, 0.15) is 29.2 Å². The van der Waals surface area contributed by atoms with E-state index in [1.165, 1.54) is 0 Å². The SMILES string of the molecule is Cl.Cl.Fc1cc(C(F)(F)F)cc(C(F)(F)F)c1[C@H](CC(F)(F)F)N1CCNCC1. The fourth-order valence-electron chi connectivity index (χ4n) is 2.98. The summed E-state index contributed by atoms with van der Waals surface area (Å²) in [7, 11) is 0. The number of benzene rings is 1. The predicted octanol–water partition coefficient (Wildman–Crippen LogP) is 5.61. The first kappa shape index (κ1) is 28.0. The van der Waals surface area contributed by atoms with Crippen molar-refractivity contribution in [3.8, 4) is 0 Å². The lowest BCUT2D eigenvalue weighted by Crippen LogP contribution is -2.46. The van der Waals surface area contributed by atoms with E-state index in [0.29, 0.717) is 0 Å². The van der Waals surface area contributed by atoms with E-state index in [4.69, 9.17) is 0 Å². The largest absolute Gasteiger partial charge is 0.416 e. The topological polar surface area (TPSA) is 15.3 Å². The minimum atomic E-state index is -5.46. The molecule has 0 aliphatic carbocycles. The Kier molecular flexibility index (Phi) is 9.55. The van der Waals surface area contributed by atoms with Crippen LogP contribution in [-0.4, -0.2) is 37.3 Å². The summed E-state index contributed by atoms with van der Waals surface area (Å²) in [6, 6.07) is -2.63. The average Bonchev–Trinajstić information content (AvgIpc) is 2.50. The number of rotatable bonds is 3. The van der Waals surface area contributed by atoms with Crippen LogP contribution in [0, 0.1) is 5.82 Å². The Morgan fingerprint density at radius 2 is 1.38 bits per heavy atom. The van der Waals surface area contributed by atoms with E-state index in [0.717, 1.165) is 4.90 Å². The number of nitrogens with zero attached hydrogens (tertiary/aromatic N) is 1. The van der Waals surface area contributed by atoms with Crippen LogP contribution in [-0.2, 0) is 12.4 Å². The number of piperazine rings is 1. The molecule has 0 saturated carbocycles. The number of hydrogen-bond donors (Lipinski definition) is 1. The van der Waals surface area contributed by atoms with E-state index in [2.05, 4.69) is 5.32 Å². The zero-order valence-corrected chi connectivity index (χ0v) is 15.9. The van der Waals surface area contributed by atoms with E-state index >= 15 is 0 Å². The van der Waals surface area contributed by atoms with Gasteiger partial charge in [-0.1, -0.05) is 0 Å². The van der Waals surface area contributed by atoms with Crippen molar-refractivity contribution in [1.29, 1.82) is 0 Å². The molecule has 1 heterocycles. The maximum absolute atomic E-state index is 14.3. The quantitative estimate of drug-likeness (QED) is 0.561. The van der Waals surface area contributed by atoms with Crippen LogP contribution in [0.25, 0.3) is 0 Å². The van der Waals surface area contributed by atoms with Crippen molar-refractivity contribution in [3.63, 3.8) is 0 Å². The second kappa shape index (κ2) is 9.88. The van der Waals surface area contributed by atoms with Crippen molar-refractivity contribution in [1.82, 2.24) is 10.2 Å². The average molecular weight is 485 g/mol. The molecule has 1 saturated heterocycles. The van der Waals surface area contributed by atoms with Crippen LogP contribution in [0.3, 0.4) is 0 Å². The van der Waals surface area contributed by atoms with Gasteiger partial charge in [0.15, 0.2) is 0 Å². The van der Waals surface area contributed by atoms with E-state index < -0.39 is 53.5 Å². The highest BCUT2D eigenvalue weighted by Gasteiger charge is 2.45. The van der Waals surface area contributed by atoms with Crippen LogP contribution < -0.4 is 5.32 Å². The molecule has 0 bridgehead atoms. The predicted molar refractivity (Wildman–Crippen MR) is 88.8 cm³/mol. The number of hydrogen-bond acceptors (Lipinski definition) is 2. The van der Waals surface area contributed by atoms with Crippen molar-refractivity contribution in [3.05, 3.63) is 34.6 Å². The Hall–Kier alpha value is -0.980. The Labute approximate surface area is 171 Å². The summed E-state index contributed by atoms with van der Waals surface area (Å²) < 4.78 is 131. The first-order valence-corrected chi connectivity index (χ1v) is 7.69. The van der Waals surface area contributed by atoms with Gasteiger partial charge in [-0.15, -0.1) is 24.8 Å². The third kappa shape index (κ3) is 7.34. The molecule has 170 valence electrons. The van der Waals surface area contributed by atoms with E-state index in [-0.39, 0.29) is 63.1 Å². The Bertz CT molecular complexity index is 667. The van der Waals surface area contributed by atoms with Crippen LogP contribution in [0.5, 0.6) is 0 Å². The summed E-state index contributed by atoms with van der Waals surface area (Å²) in [5.74, 6) is -1.97. The first-order valence-electron chi connectivity index (χ1n) is 7.69. The Morgan fingerprint density at radius 1 is 0.862 bits per heavy atom. The third-order valence-electron chi connectivity index (χ3n) is 4.11. The zero-order chi connectivity index (χ0) is 20.6. The second-order valence-corrected chi connectivity index (χ2v) is 6.04. The molecule has 1 atom stereocenters. The molecule has 1 aromatic rings. The molecular formula is C15H16Cl2F10N2. The smallest absolute Gasteiger partial charge is 0.314 e. The van der Waals surface area contributed by atoms with E-state index in [9.17, 15) is 43.9 Å². The van der Waals surface area contributed by atoms with Crippen molar-refractivity contribution < 1.29 is 43.9 Å². The van der Waals surface area contributed by atoms with Crippen LogP contribution in [0.4, 0.5) is 43.9 Å². The summed E-state index contributed by atoms with van der Waals surface area (Å²) in [6.07, 6.45) is -17.5. The van der Waals surface area contributed by atoms with Gasteiger partial charge in [-0.2, -0.15) is 39.5 Å². The molecule has 0 spiro atoms. The molecule has 2 nitrogen and oxygen atoms in total. The summed E-state index contributed by atoms with van der Waals surface area (Å²) in [4.78, 5) is 0.991. The standard InChI is InChI=1S/C15H14F10N2.2ClH/c16-10-6-8(14(20,21)22)5-9(15(23,24)25)12(10)11(7-13(17,18)19)27-3-1-26-2-4-27;;/h5-6,11,26H,1-4,7H2;2*1H/t11-;;/m0../s1. The molecule has 0 amide bonds. The van der Waals surface area contributed by atoms with Gasteiger partial charge in [0.25, 0.3) is 0 Å². The van der Waals surface area contributed by atoms with Crippen molar-refractivity contribution in [2.45, 2.75) is 31.0 Å². The molecule has 14 heteroatoms. The summed E-state index contributed by atoms with van der Waals surface area (Å²) in [5, 5.41) is 2.78. The highest BCUT2D eigenvalue weighted by Crippen LogP contribution is 2.44. The highest BCUT2D eigenvalue weighted by atomic mass is 35.5. The molecule has 2 rings (SSSR count). The minimum absolute atomic E-state index is 0. The number of alkyl halides is 9. The van der Waals surface area contributed by atoms with E-state index in [1.807, 2.05) is 0 Å². The lowest BCUT2D eigenvalue weighted by Gasteiger charge is -2.37. The molecule has 29 heavy (non-hydrogen) atoms. The van der Waals surface area contributed by atoms with Crippen molar-refractivity contribution >= 4 is 24.8 Å². The minimum Gasteiger partial charge on any atom is -0.314 e. The van der Waals surface area contributed by atoms with Gasteiger partial charge in [-0.25, -0.2) is 4.39 Å². The summed E-state index contributed by atoms with van der Waals surface area (Å²) in [6.45, 7) is 0.0763. The fourth-order valence-corrected chi connectivity index (χ4v) is 2.98. The lowest BCUT2D eigenvalue weighted by atomic mass is 9.92. The molecule has 1 aliphatic heterocycles. The van der Waals surface area contributed by atoms with Gasteiger partial charge in [0, 0.05) is 37.8 Å². The number of halogens is 12. The third-order valence-corrected chi connectivity index (χ3v) is 4.11. The summed E-state index contributed by atoms with van der Waals surface area (Å²) >= 11 is 0. The van der Waals surface area contributed by atoms with Gasteiger partial charge in [0.2, 0.25) is 0 Å². The van der Waals surface area contributed by atoms with Gasteiger partial charge in [0.05, 0.1) is 17.5 Å². The van der Waals surface area contributed by atoms with Crippen LogP contribution in [0.2, 0.25) is 0 Å². The maximum atomic E-state index is 14.3. The monoisotopic (exact) mass is 484 g/mol. The molecule has 1 fully saturated rings. The first-order chi connectivity index (χ1) is 12.2. The molecule has 1 N–H and O–H groups in total. The van der Waals surface area contributed by atoms with Crippen molar-refractivity contribution in [2.24, 2.45) is 0 Å². The van der Waals surface area contributed by atoms with Gasteiger partial charge < -0.3 is 5.32 Å². The molecule has 1 aromatic carbocycles. The van der Waals surface area contributed by atoms with Gasteiger partial charge in [-0.3, -0.25) is 4.90 Å². The Morgan fingerprint density at radius 3 is 1.79 bits per heavy atom. The molecule has 0 radical (unpaired) electrons. The molecular weight excluding hydrogens is 469 g/mol. The van der Waals surface area contributed by atoms with Crippen LogP contribution in [0.15, 0.2) is 12.1 Å². The normalized spacial score (nSPS) is 17.3. The lowest BCUT2D eigenvalue weighted by molar-refractivity contribution is -0.154. The molecule has 0 aromatic heterocycles. The molecule has 1 aliphatic rings. The summed E-state index contributed by atoms with van der Waals surface area (Å²) in [5.41, 5.74) is -5.39. The highest BCUT2D eigenvalue weighted by molar-refractivity contribution is 5.85. The zero-order valence-electron chi connectivity index (χ0n) is 14.3. The molecule has 0 unspecified atom stereocenters. The maximum Gasteiger partial charge on any atom is 0.416 e. The van der Waals surface area contributed by atoms with Gasteiger partial charge in [0.1, 0.15) is 5.82 Å². The van der Waals surface area contributed by atoms with Crippen molar-refractivity contribution in [2.75, 3.05) is 26.2 Å². The van der Waals surface area contributed by atoms with E-state index in [1.54, 1.807) is 0 Å².